The highest BCUT2D eigenvalue weighted by molar-refractivity contribution is 5.38. The lowest BCUT2D eigenvalue weighted by molar-refractivity contribution is -0.141. The molecule has 1 aromatic carbocycles. The van der Waals surface area contributed by atoms with Crippen molar-refractivity contribution >= 4 is 5.82 Å². The SMILES string of the molecule is OC1(c2ccccc2)CCCN(c2ccc(C(F)(F)F)nn2)CC1. The molecule has 0 spiro atoms. The number of rotatable bonds is 2. The highest BCUT2D eigenvalue weighted by Crippen LogP contribution is 2.34. The van der Waals surface area contributed by atoms with Crippen molar-refractivity contribution in [1.29, 1.82) is 0 Å². The largest absolute Gasteiger partial charge is 0.435 e. The fourth-order valence-corrected chi connectivity index (χ4v) is 3.03. The number of hydrogen-bond donors (Lipinski definition) is 1. The van der Waals surface area contributed by atoms with Gasteiger partial charge in [-0.05, 0) is 37.0 Å². The lowest BCUT2D eigenvalue weighted by Gasteiger charge is -2.27. The second kappa shape index (κ2) is 6.39. The molecule has 0 bridgehead atoms. The van der Waals surface area contributed by atoms with Gasteiger partial charge in [0.1, 0.15) is 0 Å². The maximum atomic E-state index is 12.6. The topological polar surface area (TPSA) is 49.2 Å². The van der Waals surface area contributed by atoms with Crippen LogP contribution < -0.4 is 4.90 Å². The predicted molar refractivity (Wildman–Crippen MR) is 83.4 cm³/mol. The molecule has 7 heteroatoms. The highest BCUT2D eigenvalue weighted by atomic mass is 19.4. The van der Waals surface area contributed by atoms with Crippen LogP contribution in [0.25, 0.3) is 0 Å². The molecule has 2 aromatic rings. The molecular formula is C17H18F3N3O. The van der Waals surface area contributed by atoms with Crippen LogP contribution in [0.15, 0.2) is 42.5 Å². The molecule has 1 unspecified atom stereocenters. The lowest BCUT2D eigenvalue weighted by Crippen LogP contribution is -2.29. The average molecular weight is 337 g/mol. The van der Waals surface area contributed by atoms with E-state index in [2.05, 4.69) is 10.2 Å². The molecule has 1 fully saturated rings. The Labute approximate surface area is 137 Å². The van der Waals surface area contributed by atoms with E-state index >= 15 is 0 Å². The Balaban J connectivity index is 1.74. The Bertz CT molecular complexity index is 676. The minimum Gasteiger partial charge on any atom is -0.385 e. The molecule has 1 atom stereocenters. The maximum absolute atomic E-state index is 12.6. The summed E-state index contributed by atoms with van der Waals surface area (Å²) >= 11 is 0. The van der Waals surface area contributed by atoms with Crippen molar-refractivity contribution in [3.8, 4) is 0 Å². The van der Waals surface area contributed by atoms with E-state index in [-0.39, 0.29) is 0 Å². The van der Waals surface area contributed by atoms with Crippen molar-refractivity contribution < 1.29 is 18.3 Å². The van der Waals surface area contributed by atoms with E-state index in [0.717, 1.165) is 11.6 Å². The van der Waals surface area contributed by atoms with E-state index in [1.165, 1.54) is 6.07 Å². The van der Waals surface area contributed by atoms with Crippen molar-refractivity contribution in [2.24, 2.45) is 0 Å². The summed E-state index contributed by atoms with van der Waals surface area (Å²) in [5.41, 5.74) is -1.05. The first-order valence-electron chi connectivity index (χ1n) is 7.82. The molecule has 1 saturated heterocycles. The fourth-order valence-electron chi connectivity index (χ4n) is 3.03. The second-order valence-electron chi connectivity index (χ2n) is 6.01. The zero-order valence-electron chi connectivity index (χ0n) is 13.0. The van der Waals surface area contributed by atoms with Crippen LogP contribution in [0, 0.1) is 0 Å². The van der Waals surface area contributed by atoms with Crippen LogP contribution in [0.1, 0.15) is 30.5 Å². The van der Waals surface area contributed by atoms with Crippen molar-refractivity contribution in [2.75, 3.05) is 18.0 Å². The van der Waals surface area contributed by atoms with Gasteiger partial charge >= 0.3 is 6.18 Å². The first kappa shape index (κ1) is 16.7. The van der Waals surface area contributed by atoms with Gasteiger partial charge in [-0.25, -0.2) is 0 Å². The van der Waals surface area contributed by atoms with Gasteiger partial charge in [0.2, 0.25) is 0 Å². The van der Waals surface area contributed by atoms with E-state index in [1.807, 2.05) is 35.2 Å². The Hall–Kier alpha value is -2.15. The summed E-state index contributed by atoms with van der Waals surface area (Å²) in [6, 6.07) is 11.7. The first-order chi connectivity index (χ1) is 11.4. The van der Waals surface area contributed by atoms with Gasteiger partial charge in [-0.15, -0.1) is 10.2 Å². The molecule has 0 aliphatic carbocycles. The van der Waals surface area contributed by atoms with Crippen LogP contribution in [0.2, 0.25) is 0 Å². The quantitative estimate of drug-likeness (QED) is 0.913. The molecule has 3 rings (SSSR count). The summed E-state index contributed by atoms with van der Waals surface area (Å²) in [6.07, 6.45) is -2.69. The van der Waals surface area contributed by atoms with Gasteiger partial charge in [-0.3, -0.25) is 0 Å². The molecule has 1 N–H and O–H groups in total. The molecule has 1 aromatic heterocycles. The van der Waals surface area contributed by atoms with Crippen LogP contribution in [0.4, 0.5) is 19.0 Å². The molecule has 1 aliphatic heterocycles. The molecule has 2 heterocycles. The van der Waals surface area contributed by atoms with Gasteiger partial charge in [-0.2, -0.15) is 13.2 Å². The number of aliphatic hydroxyl groups is 1. The number of halogens is 3. The van der Waals surface area contributed by atoms with Gasteiger partial charge in [0.15, 0.2) is 11.5 Å². The normalized spacial score (nSPS) is 22.2. The number of anilines is 1. The molecule has 4 nitrogen and oxygen atoms in total. The van der Waals surface area contributed by atoms with Crippen LogP contribution in [0.5, 0.6) is 0 Å². The predicted octanol–water partition coefficient (Wildman–Crippen LogP) is 3.37. The summed E-state index contributed by atoms with van der Waals surface area (Å²) in [6.45, 7) is 1.13. The average Bonchev–Trinajstić information content (AvgIpc) is 2.78. The summed E-state index contributed by atoms with van der Waals surface area (Å²) in [4.78, 5) is 1.87. The number of hydrogen-bond acceptors (Lipinski definition) is 4. The Morgan fingerprint density at radius 3 is 2.33 bits per heavy atom. The van der Waals surface area contributed by atoms with Crippen LogP contribution >= 0.6 is 0 Å². The number of nitrogens with zero attached hydrogens (tertiary/aromatic N) is 3. The van der Waals surface area contributed by atoms with Gasteiger partial charge in [0.25, 0.3) is 0 Å². The molecule has 24 heavy (non-hydrogen) atoms. The van der Waals surface area contributed by atoms with E-state index in [9.17, 15) is 18.3 Å². The smallest absolute Gasteiger partial charge is 0.385 e. The van der Waals surface area contributed by atoms with E-state index in [1.54, 1.807) is 0 Å². The van der Waals surface area contributed by atoms with Gasteiger partial charge in [0, 0.05) is 13.1 Å². The van der Waals surface area contributed by atoms with Gasteiger partial charge in [0.05, 0.1) is 5.60 Å². The molecule has 128 valence electrons. The van der Waals surface area contributed by atoms with E-state index in [0.29, 0.717) is 38.2 Å². The van der Waals surface area contributed by atoms with E-state index < -0.39 is 17.5 Å². The van der Waals surface area contributed by atoms with E-state index in [4.69, 9.17) is 0 Å². The van der Waals surface area contributed by atoms with Crippen molar-refractivity contribution in [1.82, 2.24) is 10.2 Å². The lowest BCUT2D eigenvalue weighted by atomic mass is 9.87. The van der Waals surface area contributed by atoms with Gasteiger partial charge in [-0.1, -0.05) is 30.3 Å². The first-order valence-corrected chi connectivity index (χ1v) is 7.82. The minimum atomic E-state index is -4.49. The zero-order chi connectivity index (χ0) is 17.2. The molecular weight excluding hydrogens is 319 g/mol. The summed E-state index contributed by atoms with van der Waals surface area (Å²) in [5.74, 6) is 0.403. The Morgan fingerprint density at radius 1 is 0.958 bits per heavy atom. The van der Waals surface area contributed by atoms with Crippen molar-refractivity contribution in [3.05, 3.63) is 53.7 Å². The standard InChI is InChI=1S/C17H18F3N3O/c18-17(19,20)14-7-8-15(22-21-14)23-11-4-9-16(24,10-12-23)13-5-2-1-3-6-13/h1-3,5-8,24H,4,9-12H2. The molecule has 1 aliphatic rings. The molecule has 0 radical (unpaired) electrons. The molecule has 0 amide bonds. The second-order valence-corrected chi connectivity index (χ2v) is 6.01. The van der Waals surface area contributed by atoms with Crippen LogP contribution in [0.3, 0.4) is 0 Å². The number of alkyl halides is 3. The third kappa shape index (κ3) is 3.51. The number of benzene rings is 1. The minimum absolute atomic E-state index is 0.403. The summed E-state index contributed by atoms with van der Waals surface area (Å²) in [7, 11) is 0. The van der Waals surface area contributed by atoms with Crippen LogP contribution in [-0.4, -0.2) is 28.4 Å². The summed E-state index contributed by atoms with van der Waals surface area (Å²) in [5, 5.41) is 17.9. The van der Waals surface area contributed by atoms with Crippen LogP contribution in [-0.2, 0) is 11.8 Å². The van der Waals surface area contributed by atoms with Gasteiger partial charge < -0.3 is 10.0 Å². The molecule has 0 saturated carbocycles. The third-order valence-corrected chi connectivity index (χ3v) is 4.39. The monoisotopic (exact) mass is 337 g/mol. The Kier molecular flexibility index (Phi) is 4.45. The zero-order valence-corrected chi connectivity index (χ0v) is 13.0. The summed E-state index contributed by atoms with van der Waals surface area (Å²) < 4.78 is 37.7. The third-order valence-electron chi connectivity index (χ3n) is 4.39. The number of aromatic nitrogens is 2. The Morgan fingerprint density at radius 2 is 1.71 bits per heavy atom. The highest BCUT2D eigenvalue weighted by Gasteiger charge is 2.34. The van der Waals surface area contributed by atoms with Crippen molar-refractivity contribution in [3.63, 3.8) is 0 Å². The fraction of sp³-hybridized carbons (Fsp3) is 0.412. The van der Waals surface area contributed by atoms with Crippen molar-refractivity contribution in [2.45, 2.75) is 31.0 Å². The maximum Gasteiger partial charge on any atom is 0.435 e.